The molecule has 78 valence electrons. The second-order valence-electron chi connectivity index (χ2n) is 3.28. The fourth-order valence-corrected chi connectivity index (χ4v) is 1.80. The Morgan fingerprint density at radius 2 is 2.14 bits per heavy atom. The first-order valence-corrected chi connectivity index (χ1v) is 5.24. The first kappa shape index (κ1) is 11.8. The van der Waals surface area contributed by atoms with Gasteiger partial charge in [-0.15, -0.1) is 0 Å². The summed E-state index contributed by atoms with van der Waals surface area (Å²) in [7, 11) is 0. The molecule has 1 unspecified atom stereocenters. The van der Waals surface area contributed by atoms with Crippen molar-refractivity contribution in [2.75, 3.05) is 0 Å². The standard InChI is InChI=1S/C10H13Cl2NO/c1-3-13-10(12)8(6(2)11)9(14)7-4-5-7/h3,7,9,14H,2,4-5H2,1H3/b10-8+,13-3?. The molecule has 0 saturated heterocycles. The van der Waals surface area contributed by atoms with Gasteiger partial charge in [0.15, 0.2) is 0 Å². The number of rotatable bonds is 4. The van der Waals surface area contributed by atoms with Crippen LogP contribution in [0.15, 0.2) is 27.3 Å². The average molecular weight is 234 g/mol. The van der Waals surface area contributed by atoms with Gasteiger partial charge in [-0.3, -0.25) is 0 Å². The van der Waals surface area contributed by atoms with E-state index in [4.69, 9.17) is 23.2 Å². The Kier molecular flexibility index (Phi) is 4.17. The van der Waals surface area contributed by atoms with Gasteiger partial charge in [0, 0.05) is 16.8 Å². The lowest BCUT2D eigenvalue weighted by Crippen LogP contribution is -2.14. The maximum absolute atomic E-state index is 9.85. The molecule has 0 radical (unpaired) electrons. The number of aliphatic imine (C=N–C) groups is 1. The molecule has 1 aliphatic rings. The van der Waals surface area contributed by atoms with E-state index in [9.17, 15) is 5.11 Å². The molecule has 0 heterocycles. The number of nitrogens with zero attached hydrogens (tertiary/aromatic N) is 1. The van der Waals surface area contributed by atoms with E-state index >= 15 is 0 Å². The Morgan fingerprint density at radius 1 is 1.57 bits per heavy atom. The fourth-order valence-electron chi connectivity index (χ4n) is 1.22. The van der Waals surface area contributed by atoms with Gasteiger partial charge < -0.3 is 5.11 Å². The highest BCUT2D eigenvalue weighted by molar-refractivity contribution is 6.35. The molecular weight excluding hydrogens is 221 g/mol. The van der Waals surface area contributed by atoms with E-state index in [1.54, 1.807) is 13.1 Å². The van der Waals surface area contributed by atoms with Crippen LogP contribution in [0.2, 0.25) is 0 Å². The van der Waals surface area contributed by atoms with Gasteiger partial charge >= 0.3 is 0 Å². The van der Waals surface area contributed by atoms with Gasteiger partial charge in [-0.2, -0.15) is 0 Å². The van der Waals surface area contributed by atoms with E-state index in [0.29, 0.717) is 5.57 Å². The molecule has 0 aliphatic heterocycles. The first-order chi connectivity index (χ1) is 6.57. The quantitative estimate of drug-likeness (QED) is 0.452. The summed E-state index contributed by atoms with van der Waals surface area (Å²) >= 11 is 11.7. The molecule has 0 aromatic rings. The van der Waals surface area contributed by atoms with Gasteiger partial charge in [0.25, 0.3) is 0 Å². The minimum atomic E-state index is -0.629. The van der Waals surface area contributed by atoms with Crippen molar-refractivity contribution in [1.82, 2.24) is 0 Å². The highest BCUT2D eigenvalue weighted by atomic mass is 35.5. The van der Waals surface area contributed by atoms with E-state index in [-0.39, 0.29) is 16.1 Å². The highest BCUT2D eigenvalue weighted by Crippen LogP contribution is 2.39. The van der Waals surface area contributed by atoms with Crippen LogP contribution in [0.25, 0.3) is 0 Å². The third-order valence-corrected chi connectivity index (χ3v) is 2.63. The largest absolute Gasteiger partial charge is 0.388 e. The third kappa shape index (κ3) is 2.84. The SMILES string of the molecule is C=C(Cl)/C(=C(/Cl)N=CC)C(O)C1CC1. The molecule has 1 saturated carbocycles. The topological polar surface area (TPSA) is 32.6 Å². The van der Waals surface area contributed by atoms with Gasteiger partial charge in [-0.25, -0.2) is 4.99 Å². The van der Waals surface area contributed by atoms with Gasteiger partial charge in [-0.05, 0) is 25.7 Å². The summed E-state index contributed by atoms with van der Waals surface area (Å²) in [5.41, 5.74) is 0.453. The first-order valence-electron chi connectivity index (χ1n) is 4.49. The Morgan fingerprint density at radius 3 is 2.50 bits per heavy atom. The summed E-state index contributed by atoms with van der Waals surface area (Å²) in [6.45, 7) is 5.33. The molecule has 1 fully saturated rings. The van der Waals surface area contributed by atoms with E-state index in [1.807, 2.05) is 0 Å². The molecule has 14 heavy (non-hydrogen) atoms. The van der Waals surface area contributed by atoms with Crippen molar-refractivity contribution in [2.45, 2.75) is 25.9 Å². The molecule has 1 aliphatic carbocycles. The zero-order chi connectivity index (χ0) is 10.7. The molecule has 4 heteroatoms. The van der Waals surface area contributed by atoms with E-state index < -0.39 is 6.10 Å². The second kappa shape index (κ2) is 4.96. The molecule has 1 rings (SSSR count). The van der Waals surface area contributed by atoms with Crippen LogP contribution >= 0.6 is 23.2 Å². The van der Waals surface area contributed by atoms with Gasteiger partial charge in [-0.1, -0.05) is 29.8 Å². The number of halogens is 2. The molecule has 2 nitrogen and oxygen atoms in total. The van der Waals surface area contributed by atoms with Crippen molar-refractivity contribution >= 4 is 29.4 Å². The van der Waals surface area contributed by atoms with Gasteiger partial charge in [0.05, 0.1) is 6.10 Å². The zero-order valence-electron chi connectivity index (χ0n) is 8.00. The van der Waals surface area contributed by atoms with Crippen molar-refractivity contribution in [2.24, 2.45) is 10.9 Å². The van der Waals surface area contributed by atoms with Crippen molar-refractivity contribution in [3.05, 3.63) is 22.3 Å². The summed E-state index contributed by atoms with van der Waals surface area (Å²) in [5, 5.41) is 10.3. The van der Waals surface area contributed by atoms with Crippen LogP contribution < -0.4 is 0 Å². The number of aliphatic hydroxyl groups is 1. The molecule has 1 N–H and O–H groups in total. The normalized spacial score (nSPS) is 20.9. The van der Waals surface area contributed by atoms with Crippen LogP contribution in [0.4, 0.5) is 0 Å². The van der Waals surface area contributed by atoms with E-state index in [0.717, 1.165) is 12.8 Å². The lowest BCUT2D eigenvalue weighted by Gasteiger charge is -2.13. The van der Waals surface area contributed by atoms with E-state index in [1.165, 1.54) is 0 Å². The number of hydrogen-bond acceptors (Lipinski definition) is 2. The van der Waals surface area contributed by atoms with Crippen LogP contribution in [0.3, 0.4) is 0 Å². The van der Waals surface area contributed by atoms with Crippen molar-refractivity contribution < 1.29 is 5.11 Å². The van der Waals surface area contributed by atoms with Crippen LogP contribution in [0.5, 0.6) is 0 Å². The Bertz CT molecular complexity index is 292. The van der Waals surface area contributed by atoms with Gasteiger partial charge in [0.2, 0.25) is 0 Å². The molecular formula is C10H13Cl2NO. The molecule has 0 spiro atoms. The maximum Gasteiger partial charge on any atom is 0.135 e. The predicted molar refractivity (Wildman–Crippen MR) is 60.8 cm³/mol. The third-order valence-electron chi connectivity index (χ3n) is 2.12. The Hall–Kier alpha value is -0.310. The summed E-state index contributed by atoms with van der Waals surface area (Å²) in [6.07, 6.45) is 2.95. The lowest BCUT2D eigenvalue weighted by atomic mass is 10.1. The highest BCUT2D eigenvalue weighted by Gasteiger charge is 2.34. The summed E-state index contributed by atoms with van der Waals surface area (Å²) in [4.78, 5) is 3.89. The maximum atomic E-state index is 9.85. The second-order valence-corrected chi connectivity index (χ2v) is 4.09. The smallest absolute Gasteiger partial charge is 0.135 e. The molecule has 0 aromatic heterocycles. The summed E-state index contributed by atoms with van der Waals surface area (Å²) in [6, 6.07) is 0. The fraction of sp³-hybridized carbons (Fsp3) is 0.500. The lowest BCUT2D eigenvalue weighted by molar-refractivity contribution is 0.190. The predicted octanol–water partition coefficient (Wildman–Crippen LogP) is 3.05. The zero-order valence-corrected chi connectivity index (χ0v) is 9.52. The minimum Gasteiger partial charge on any atom is -0.388 e. The van der Waals surface area contributed by atoms with Crippen molar-refractivity contribution in [3.8, 4) is 0 Å². The summed E-state index contributed by atoms with van der Waals surface area (Å²) in [5.74, 6) is 0.265. The molecule has 1 atom stereocenters. The summed E-state index contributed by atoms with van der Waals surface area (Å²) < 4.78 is 0. The van der Waals surface area contributed by atoms with Crippen molar-refractivity contribution in [1.29, 1.82) is 0 Å². The average Bonchev–Trinajstić information content (AvgIpc) is 2.85. The molecule has 0 amide bonds. The van der Waals surface area contributed by atoms with Gasteiger partial charge in [0.1, 0.15) is 5.16 Å². The van der Waals surface area contributed by atoms with Crippen LogP contribution in [-0.4, -0.2) is 17.4 Å². The van der Waals surface area contributed by atoms with Crippen molar-refractivity contribution in [3.63, 3.8) is 0 Å². The minimum absolute atomic E-state index is 0.229. The van der Waals surface area contributed by atoms with Crippen LogP contribution in [-0.2, 0) is 0 Å². The monoisotopic (exact) mass is 233 g/mol. The molecule has 0 bridgehead atoms. The number of aliphatic hydroxyl groups excluding tert-OH is 1. The van der Waals surface area contributed by atoms with E-state index in [2.05, 4.69) is 11.6 Å². The Balaban J connectivity index is 2.92. The van der Waals surface area contributed by atoms with Crippen LogP contribution in [0, 0.1) is 5.92 Å². The van der Waals surface area contributed by atoms with Crippen LogP contribution in [0.1, 0.15) is 19.8 Å². The number of hydrogen-bond donors (Lipinski definition) is 1. The Labute approximate surface area is 93.9 Å². The molecule has 0 aromatic carbocycles.